The molecule has 0 fully saturated rings. The topological polar surface area (TPSA) is 64.4 Å². The summed E-state index contributed by atoms with van der Waals surface area (Å²) in [5, 5.41) is 2.70. The fourth-order valence-corrected chi connectivity index (χ4v) is 2.28. The summed E-state index contributed by atoms with van der Waals surface area (Å²) >= 11 is 8.89. The van der Waals surface area contributed by atoms with Gasteiger partial charge in [0, 0.05) is 5.02 Å². The number of hydrogen-bond donors (Lipinski definition) is 2. The van der Waals surface area contributed by atoms with E-state index in [-0.39, 0.29) is 26.9 Å². The van der Waals surface area contributed by atoms with Crippen molar-refractivity contribution < 1.29 is 18.3 Å². The van der Waals surface area contributed by atoms with Crippen molar-refractivity contribution in [2.75, 3.05) is 5.32 Å². The molecule has 1 rings (SSSR count). The van der Waals surface area contributed by atoms with E-state index in [1.165, 1.54) is 12.1 Å². The molecule has 8 heteroatoms. The van der Waals surface area contributed by atoms with Crippen molar-refractivity contribution in [3.05, 3.63) is 21.6 Å². The van der Waals surface area contributed by atoms with Crippen LogP contribution in [-0.4, -0.2) is 18.6 Å². The lowest BCUT2D eigenvalue weighted by Gasteiger charge is -2.18. The molecule has 1 aromatic rings. The Morgan fingerprint density at radius 1 is 1.45 bits per heavy atom. The summed E-state index contributed by atoms with van der Waals surface area (Å²) in [6, 6.07) is 1.93. The van der Waals surface area contributed by atoms with Gasteiger partial charge >= 0.3 is 6.61 Å². The minimum Gasteiger partial charge on any atom is -0.431 e. The number of nitrogens with two attached hydrogens (primary N) is 1. The van der Waals surface area contributed by atoms with Gasteiger partial charge in [0.25, 0.3) is 0 Å². The number of benzene rings is 1. The molecule has 0 saturated heterocycles. The standard InChI is InChI=1S/C12H14BrClF2N2O2/c1-5(2)9(17)11(19)18-8-4-6(14)3-7(13)10(8)20-12(15)16/h3-5,9,12H,17H2,1-2H3,(H,18,19). The number of rotatable bonds is 5. The highest BCUT2D eigenvalue weighted by Gasteiger charge is 2.21. The lowest BCUT2D eigenvalue weighted by atomic mass is 10.0. The van der Waals surface area contributed by atoms with Crippen LogP contribution >= 0.6 is 27.5 Å². The predicted octanol–water partition coefficient (Wildman–Crippen LogP) is 3.63. The summed E-state index contributed by atoms with van der Waals surface area (Å²) < 4.78 is 29.4. The lowest BCUT2D eigenvalue weighted by Crippen LogP contribution is -2.39. The van der Waals surface area contributed by atoms with Crippen molar-refractivity contribution in [2.45, 2.75) is 26.5 Å². The SMILES string of the molecule is CC(C)C(N)C(=O)Nc1cc(Cl)cc(Br)c1OC(F)F. The first-order valence-corrected chi connectivity index (χ1v) is 6.89. The van der Waals surface area contributed by atoms with Gasteiger partial charge in [-0.2, -0.15) is 8.78 Å². The molecule has 0 spiro atoms. The van der Waals surface area contributed by atoms with Crippen LogP contribution in [0.4, 0.5) is 14.5 Å². The summed E-state index contributed by atoms with van der Waals surface area (Å²) in [5.74, 6) is -0.806. The zero-order valence-corrected chi connectivity index (χ0v) is 13.1. The zero-order valence-electron chi connectivity index (χ0n) is 10.8. The zero-order chi connectivity index (χ0) is 15.4. The molecule has 1 aromatic carbocycles. The van der Waals surface area contributed by atoms with Crippen molar-refractivity contribution in [3.8, 4) is 5.75 Å². The average Bonchev–Trinajstić information content (AvgIpc) is 2.31. The van der Waals surface area contributed by atoms with Crippen LogP contribution in [0.15, 0.2) is 16.6 Å². The minimum atomic E-state index is -3.03. The average molecular weight is 372 g/mol. The van der Waals surface area contributed by atoms with Gasteiger partial charge in [0.1, 0.15) is 0 Å². The Hall–Kier alpha value is -0.920. The second kappa shape index (κ2) is 7.19. The molecule has 4 nitrogen and oxygen atoms in total. The fraction of sp³-hybridized carbons (Fsp3) is 0.417. The van der Waals surface area contributed by atoms with Crippen LogP contribution in [0.3, 0.4) is 0 Å². The van der Waals surface area contributed by atoms with E-state index < -0.39 is 18.6 Å². The molecule has 0 heterocycles. The van der Waals surface area contributed by atoms with Gasteiger partial charge in [-0.25, -0.2) is 0 Å². The Morgan fingerprint density at radius 3 is 2.55 bits per heavy atom. The Kier molecular flexibility index (Phi) is 6.16. The Morgan fingerprint density at radius 2 is 2.05 bits per heavy atom. The summed E-state index contributed by atoms with van der Waals surface area (Å²) in [6.45, 7) is 0.519. The molecule has 0 aliphatic heterocycles. The van der Waals surface area contributed by atoms with Crippen LogP contribution in [0.1, 0.15) is 13.8 Å². The van der Waals surface area contributed by atoms with Crippen LogP contribution in [0.2, 0.25) is 5.02 Å². The first-order chi connectivity index (χ1) is 9.22. The van der Waals surface area contributed by atoms with Gasteiger partial charge in [-0.3, -0.25) is 4.79 Å². The van der Waals surface area contributed by atoms with Gasteiger partial charge in [-0.15, -0.1) is 0 Å². The molecule has 1 unspecified atom stereocenters. The highest BCUT2D eigenvalue weighted by atomic mass is 79.9. The Bertz CT molecular complexity index is 501. The normalized spacial score (nSPS) is 12.7. The fourth-order valence-electron chi connectivity index (χ4n) is 1.38. The van der Waals surface area contributed by atoms with Crippen molar-refractivity contribution >= 4 is 39.1 Å². The van der Waals surface area contributed by atoms with Crippen LogP contribution in [0, 0.1) is 5.92 Å². The number of anilines is 1. The highest BCUT2D eigenvalue weighted by molar-refractivity contribution is 9.10. The van der Waals surface area contributed by atoms with Gasteiger partial charge in [0.2, 0.25) is 5.91 Å². The summed E-state index contributed by atoms with van der Waals surface area (Å²) in [6.07, 6.45) is 0. The monoisotopic (exact) mass is 370 g/mol. The first-order valence-electron chi connectivity index (χ1n) is 5.72. The van der Waals surface area contributed by atoms with Crippen molar-refractivity contribution in [2.24, 2.45) is 11.7 Å². The maximum absolute atomic E-state index is 12.4. The van der Waals surface area contributed by atoms with Gasteiger partial charge in [0.15, 0.2) is 5.75 Å². The predicted molar refractivity (Wildman–Crippen MR) is 77.2 cm³/mol. The van der Waals surface area contributed by atoms with E-state index >= 15 is 0 Å². The number of hydrogen-bond acceptors (Lipinski definition) is 3. The molecule has 0 bridgehead atoms. The molecule has 1 atom stereocenters. The van der Waals surface area contributed by atoms with Gasteiger partial charge in [-0.05, 0) is 34.0 Å². The second-order valence-corrected chi connectivity index (χ2v) is 5.69. The van der Waals surface area contributed by atoms with Crippen LogP contribution in [-0.2, 0) is 4.79 Å². The number of ether oxygens (including phenoxy) is 1. The van der Waals surface area contributed by atoms with Gasteiger partial charge in [0.05, 0.1) is 16.2 Å². The Balaban J connectivity index is 3.07. The van der Waals surface area contributed by atoms with Crippen LogP contribution in [0.25, 0.3) is 0 Å². The molecule has 0 aliphatic carbocycles. The number of nitrogens with one attached hydrogen (secondary N) is 1. The molecule has 0 aliphatic rings. The summed E-state index contributed by atoms with van der Waals surface area (Å²) in [7, 11) is 0. The highest BCUT2D eigenvalue weighted by Crippen LogP contribution is 2.37. The molecule has 0 saturated carbocycles. The molecule has 0 aromatic heterocycles. The lowest BCUT2D eigenvalue weighted by molar-refractivity contribution is -0.118. The van der Waals surface area contributed by atoms with Crippen molar-refractivity contribution in [1.82, 2.24) is 0 Å². The van der Waals surface area contributed by atoms with Gasteiger partial charge in [-0.1, -0.05) is 25.4 Å². The van der Waals surface area contributed by atoms with E-state index in [1.807, 2.05) is 0 Å². The van der Waals surface area contributed by atoms with Crippen LogP contribution in [0.5, 0.6) is 5.75 Å². The van der Waals surface area contributed by atoms with E-state index in [4.69, 9.17) is 17.3 Å². The number of amides is 1. The van der Waals surface area contributed by atoms with E-state index in [2.05, 4.69) is 26.0 Å². The molecule has 112 valence electrons. The molecule has 0 radical (unpaired) electrons. The number of halogens is 4. The van der Waals surface area contributed by atoms with Crippen molar-refractivity contribution in [1.29, 1.82) is 0 Å². The van der Waals surface area contributed by atoms with E-state index in [1.54, 1.807) is 13.8 Å². The maximum atomic E-state index is 12.4. The third kappa shape index (κ3) is 4.57. The number of carbonyl (C=O) groups excluding carboxylic acids is 1. The van der Waals surface area contributed by atoms with E-state index in [9.17, 15) is 13.6 Å². The molecular weight excluding hydrogens is 357 g/mol. The van der Waals surface area contributed by atoms with E-state index in [0.29, 0.717) is 0 Å². The number of alkyl halides is 2. The smallest absolute Gasteiger partial charge is 0.387 e. The van der Waals surface area contributed by atoms with Gasteiger partial charge < -0.3 is 15.8 Å². The third-order valence-electron chi connectivity index (χ3n) is 2.49. The summed E-state index contributed by atoms with van der Waals surface area (Å²) in [4.78, 5) is 11.9. The van der Waals surface area contributed by atoms with Crippen LogP contribution < -0.4 is 15.8 Å². The molecule has 3 N–H and O–H groups in total. The largest absolute Gasteiger partial charge is 0.431 e. The maximum Gasteiger partial charge on any atom is 0.387 e. The second-order valence-electron chi connectivity index (χ2n) is 4.40. The molecule has 20 heavy (non-hydrogen) atoms. The first kappa shape index (κ1) is 17.1. The van der Waals surface area contributed by atoms with Crippen molar-refractivity contribution in [3.63, 3.8) is 0 Å². The summed E-state index contributed by atoms with van der Waals surface area (Å²) in [5.41, 5.74) is 5.72. The minimum absolute atomic E-state index is 0.0331. The third-order valence-corrected chi connectivity index (χ3v) is 3.30. The molecule has 1 amide bonds. The van der Waals surface area contributed by atoms with E-state index in [0.717, 1.165) is 0 Å². The quantitative estimate of drug-likeness (QED) is 0.831. The Labute approximate surface area is 128 Å². The molecular formula is C12H14BrClF2N2O2. The number of carbonyl (C=O) groups is 1.